The molecule has 0 aromatic heterocycles. The molecule has 0 radical (unpaired) electrons. The molecule has 3 rings (SSSR count). The number of primary amides is 1. The molecule has 2 aliphatic rings. The summed E-state index contributed by atoms with van der Waals surface area (Å²) in [5, 5.41) is 0. The number of rotatable bonds is 11. The number of ketones is 1. The van der Waals surface area contributed by atoms with E-state index in [1.165, 1.54) is 6.08 Å². The first-order chi connectivity index (χ1) is 17.2. The third-order valence-electron chi connectivity index (χ3n) is 5.50. The van der Waals surface area contributed by atoms with E-state index in [9.17, 15) is 22.8 Å². The van der Waals surface area contributed by atoms with Crippen molar-refractivity contribution in [2.75, 3.05) is 12.8 Å². The molecule has 1 amide bonds. The van der Waals surface area contributed by atoms with Crippen LogP contribution in [0.1, 0.15) is 44.7 Å². The molecule has 1 atom stereocenters. The highest BCUT2D eigenvalue weighted by Gasteiger charge is 2.35. The highest BCUT2D eigenvalue weighted by Crippen LogP contribution is 2.32. The molecule has 1 aromatic carbocycles. The Morgan fingerprint density at radius 1 is 1.08 bits per heavy atom. The van der Waals surface area contributed by atoms with Crippen LogP contribution in [0.25, 0.3) is 0 Å². The minimum Gasteiger partial charge on any atom is -0.484 e. The van der Waals surface area contributed by atoms with Crippen LogP contribution in [0.2, 0.25) is 0 Å². The van der Waals surface area contributed by atoms with Gasteiger partial charge in [0.25, 0.3) is 10.1 Å². The van der Waals surface area contributed by atoms with E-state index in [1.807, 2.05) is 0 Å². The van der Waals surface area contributed by atoms with Gasteiger partial charge < -0.3 is 20.1 Å². The van der Waals surface area contributed by atoms with E-state index in [0.717, 1.165) is 17.4 Å². The Bertz CT molecular complexity index is 1250. The molecule has 37 heavy (non-hydrogen) atoms. The van der Waals surface area contributed by atoms with E-state index in [4.69, 9.17) is 19.4 Å². The van der Waals surface area contributed by atoms with Crippen LogP contribution in [0.4, 0.5) is 0 Å². The molecule has 0 saturated carbocycles. The maximum absolute atomic E-state index is 12.9. The molecule has 1 unspecified atom stereocenters. The zero-order chi connectivity index (χ0) is 27.4. The average Bonchev–Trinajstić information content (AvgIpc) is 3.20. The molecule has 0 spiro atoms. The topological polar surface area (TPSA) is 142 Å². The fourth-order valence-corrected chi connectivity index (χ4v) is 4.15. The summed E-state index contributed by atoms with van der Waals surface area (Å²) in [6.45, 7) is 5.55. The number of esters is 1. The Morgan fingerprint density at radius 3 is 2.27 bits per heavy atom. The number of carbonyl (C=O) groups excluding carboxylic acids is 3. The van der Waals surface area contributed by atoms with Crippen molar-refractivity contribution in [2.45, 2.75) is 58.5 Å². The zero-order valence-corrected chi connectivity index (χ0v) is 22.2. The Labute approximate surface area is 216 Å². The van der Waals surface area contributed by atoms with Crippen molar-refractivity contribution in [2.24, 2.45) is 5.73 Å². The number of hydrogen-bond donors (Lipinski definition) is 1. The average molecular weight is 533 g/mol. The van der Waals surface area contributed by atoms with Crippen LogP contribution < -0.4 is 5.73 Å². The summed E-state index contributed by atoms with van der Waals surface area (Å²) in [6.07, 6.45) is 6.00. The minimum absolute atomic E-state index is 0.00593. The highest BCUT2D eigenvalue weighted by atomic mass is 32.2. The van der Waals surface area contributed by atoms with E-state index in [2.05, 4.69) is 0 Å². The molecule has 11 heteroatoms. The standard InChI is InChI=1S/C26H32N2O8S/c1-26(2,3)36-25(31)21(10-12-23(27)30)28-13-19-9-11-22(29)24(20(19)14-28)34-15-17-5-7-18(8-6-17)16-35-37(4,32)33/h5-9,11,13,21H,10,12,14-16H2,1-4H3,(H2,27,30). The quantitative estimate of drug-likeness (QED) is 0.335. The van der Waals surface area contributed by atoms with Gasteiger partial charge in [-0.3, -0.25) is 13.8 Å². The molecule has 0 bridgehead atoms. The van der Waals surface area contributed by atoms with Crippen LogP contribution in [0.15, 0.2) is 59.5 Å². The van der Waals surface area contributed by atoms with Crippen LogP contribution in [0, 0.1) is 0 Å². The van der Waals surface area contributed by atoms with E-state index >= 15 is 0 Å². The summed E-state index contributed by atoms with van der Waals surface area (Å²) in [7, 11) is -3.54. The lowest BCUT2D eigenvalue weighted by molar-refractivity contribution is -0.160. The van der Waals surface area contributed by atoms with Crippen molar-refractivity contribution >= 4 is 27.8 Å². The predicted octanol–water partition coefficient (Wildman–Crippen LogP) is 2.25. The van der Waals surface area contributed by atoms with Crippen LogP contribution in [-0.2, 0) is 51.4 Å². The number of benzene rings is 1. The molecule has 200 valence electrons. The Hall–Kier alpha value is -3.44. The van der Waals surface area contributed by atoms with Crippen molar-refractivity contribution in [3.8, 4) is 0 Å². The van der Waals surface area contributed by atoms with Crippen molar-refractivity contribution in [1.82, 2.24) is 4.90 Å². The molecule has 2 N–H and O–H groups in total. The molecule has 1 aliphatic carbocycles. The van der Waals surface area contributed by atoms with E-state index in [-0.39, 0.29) is 44.1 Å². The van der Waals surface area contributed by atoms with Crippen LogP contribution in [0.5, 0.6) is 0 Å². The van der Waals surface area contributed by atoms with Gasteiger partial charge in [0.05, 0.1) is 12.9 Å². The van der Waals surface area contributed by atoms with Crippen molar-refractivity contribution in [3.05, 3.63) is 70.6 Å². The largest absolute Gasteiger partial charge is 0.484 e. The Balaban J connectivity index is 1.74. The highest BCUT2D eigenvalue weighted by molar-refractivity contribution is 7.85. The molecule has 1 heterocycles. The first-order valence-corrected chi connectivity index (χ1v) is 13.5. The predicted molar refractivity (Wildman–Crippen MR) is 135 cm³/mol. The lowest BCUT2D eigenvalue weighted by Gasteiger charge is -2.29. The fraction of sp³-hybridized carbons (Fsp3) is 0.423. The normalized spacial score (nSPS) is 16.4. The molecule has 10 nitrogen and oxygen atoms in total. The first-order valence-electron chi connectivity index (χ1n) is 11.7. The second-order valence-electron chi connectivity index (χ2n) is 9.89. The second kappa shape index (κ2) is 11.3. The van der Waals surface area contributed by atoms with E-state index in [1.54, 1.807) is 62.2 Å². The van der Waals surface area contributed by atoms with E-state index in [0.29, 0.717) is 11.1 Å². The summed E-state index contributed by atoms with van der Waals surface area (Å²) in [4.78, 5) is 38.7. The van der Waals surface area contributed by atoms with Crippen molar-refractivity contribution in [1.29, 1.82) is 0 Å². The molecular formula is C26H32N2O8S. The number of hydrogen-bond acceptors (Lipinski definition) is 9. The van der Waals surface area contributed by atoms with Crippen LogP contribution in [-0.4, -0.2) is 55.4 Å². The van der Waals surface area contributed by atoms with Gasteiger partial charge in [0.15, 0.2) is 5.76 Å². The Morgan fingerprint density at radius 2 is 1.70 bits per heavy atom. The third-order valence-corrected chi connectivity index (χ3v) is 6.04. The summed E-state index contributed by atoms with van der Waals surface area (Å²) in [5.74, 6) is -1.12. The van der Waals surface area contributed by atoms with Crippen LogP contribution in [0.3, 0.4) is 0 Å². The smallest absolute Gasteiger partial charge is 0.329 e. The molecular weight excluding hydrogens is 500 g/mol. The number of allylic oxidation sites excluding steroid dienone is 2. The number of ether oxygens (including phenoxy) is 2. The number of fused-ring (bicyclic) bond motifs is 1. The van der Waals surface area contributed by atoms with Crippen LogP contribution >= 0.6 is 0 Å². The van der Waals surface area contributed by atoms with Gasteiger partial charge in [-0.15, -0.1) is 0 Å². The number of nitrogens with two attached hydrogens (primary N) is 1. The first kappa shape index (κ1) is 28.1. The van der Waals surface area contributed by atoms with Crippen molar-refractivity contribution < 1.29 is 36.5 Å². The number of carbonyl (C=O) groups is 3. The lowest BCUT2D eigenvalue weighted by Crippen LogP contribution is -2.42. The maximum Gasteiger partial charge on any atom is 0.329 e. The minimum atomic E-state index is -3.54. The molecule has 1 aromatic rings. The SMILES string of the molecule is CC(C)(C)OC(=O)C(CCC(N)=O)N1C=C2C=CC(=O)C(OCc3ccc(COS(C)(=O)=O)cc3)=C2C1. The Kier molecular flexibility index (Phi) is 8.60. The summed E-state index contributed by atoms with van der Waals surface area (Å²) >= 11 is 0. The van der Waals surface area contributed by atoms with Gasteiger partial charge in [0.1, 0.15) is 18.2 Å². The van der Waals surface area contributed by atoms with Gasteiger partial charge in [0.2, 0.25) is 11.7 Å². The second-order valence-corrected chi connectivity index (χ2v) is 11.5. The van der Waals surface area contributed by atoms with E-state index < -0.39 is 33.6 Å². The van der Waals surface area contributed by atoms with Gasteiger partial charge in [-0.1, -0.05) is 24.3 Å². The van der Waals surface area contributed by atoms with Gasteiger partial charge in [-0.05, 0) is 56.0 Å². The lowest BCUT2D eigenvalue weighted by atomic mass is 10.00. The maximum atomic E-state index is 12.9. The zero-order valence-electron chi connectivity index (χ0n) is 21.4. The monoisotopic (exact) mass is 532 g/mol. The van der Waals surface area contributed by atoms with Gasteiger partial charge in [0, 0.05) is 24.7 Å². The number of amides is 1. The van der Waals surface area contributed by atoms with Gasteiger partial charge in [-0.2, -0.15) is 8.42 Å². The fourth-order valence-electron chi connectivity index (χ4n) is 3.80. The third kappa shape index (κ3) is 8.29. The number of nitrogens with zero attached hydrogens (tertiary/aromatic N) is 1. The summed E-state index contributed by atoms with van der Waals surface area (Å²) in [5.41, 5.74) is 7.42. The summed E-state index contributed by atoms with van der Waals surface area (Å²) in [6, 6.07) is 6.20. The summed E-state index contributed by atoms with van der Waals surface area (Å²) < 4.78 is 38.6. The molecule has 1 aliphatic heterocycles. The molecule has 0 fully saturated rings. The van der Waals surface area contributed by atoms with Gasteiger partial charge in [-0.25, -0.2) is 4.79 Å². The molecule has 0 saturated heterocycles. The van der Waals surface area contributed by atoms with Crippen molar-refractivity contribution in [3.63, 3.8) is 0 Å². The van der Waals surface area contributed by atoms with Gasteiger partial charge >= 0.3 is 5.97 Å².